The zero-order valence-electron chi connectivity index (χ0n) is 23.4. The van der Waals surface area contributed by atoms with E-state index in [1.807, 2.05) is 5.94 Å². The molecule has 1 saturated heterocycles. The smallest absolute Gasteiger partial charge is 0.354 e. The van der Waals surface area contributed by atoms with Crippen molar-refractivity contribution < 1.29 is 33.3 Å². The highest BCUT2D eigenvalue weighted by atomic mass is 35.5. The van der Waals surface area contributed by atoms with Crippen LogP contribution in [-0.2, 0) is 22.6 Å². The summed E-state index contributed by atoms with van der Waals surface area (Å²) < 4.78 is 35.6. The van der Waals surface area contributed by atoms with Crippen LogP contribution in [0.5, 0.6) is 11.5 Å². The van der Waals surface area contributed by atoms with Crippen LogP contribution in [0.1, 0.15) is 40.0 Å². The lowest BCUT2D eigenvalue weighted by Crippen LogP contribution is -2.32. The van der Waals surface area contributed by atoms with E-state index in [2.05, 4.69) is 9.97 Å². The summed E-state index contributed by atoms with van der Waals surface area (Å²) in [4.78, 5) is 34.1. The Hall–Kier alpha value is -4.67. The van der Waals surface area contributed by atoms with E-state index in [0.29, 0.717) is 62.8 Å². The van der Waals surface area contributed by atoms with Crippen LogP contribution in [0.3, 0.4) is 0 Å². The number of carboxylic acid groups (broad SMARTS) is 1. The van der Waals surface area contributed by atoms with Crippen molar-refractivity contribution >= 4 is 51.8 Å². The van der Waals surface area contributed by atoms with E-state index in [0.717, 1.165) is 6.42 Å². The Kier molecular flexibility index (Phi) is 7.55. The fourth-order valence-corrected chi connectivity index (χ4v) is 6.01. The number of pyridine rings is 1. The van der Waals surface area contributed by atoms with Crippen LogP contribution in [0, 0.1) is 0 Å². The van der Waals surface area contributed by atoms with Crippen LogP contribution in [-0.4, -0.2) is 55.8 Å². The van der Waals surface area contributed by atoms with Gasteiger partial charge in [0.2, 0.25) is 0 Å². The quantitative estimate of drug-likeness (QED) is 0.235. The molecule has 1 fully saturated rings. The van der Waals surface area contributed by atoms with Gasteiger partial charge >= 0.3 is 5.97 Å². The molecule has 0 bridgehead atoms. The average Bonchev–Trinajstić information content (AvgIpc) is 3.34. The van der Waals surface area contributed by atoms with Crippen LogP contribution in [0.4, 0.5) is 4.39 Å². The number of hydrogen-bond acceptors (Lipinski definition) is 8. The van der Waals surface area contributed by atoms with Crippen LogP contribution < -0.4 is 9.47 Å². The molecule has 7 rings (SSSR count). The highest BCUT2D eigenvalue weighted by Gasteiger charge is 2.31. The van der Waals surface area contributed by atoms with Crippen molar-refractivity contribution in [2.24, 2.45) is 0 Å². The normalized spacial score (nSPS) is 19.1. The summed E-state index contributed by atoms with van der Waals surface area (Å²) in [5, 5.41) is 10.4. The van der Waals surface area contributed by atoms with E-state index in [1.165, 1.54) is 23.2 Å². The third-order valence-electron chi connectivity index (χ3n) is 7.83. The van der Waals surface area contributed by atoms with Crippen molar-refractivity contribution in [1.29, 1.82) is 0 Å². The van der Waals surface area contributed by atoms with Gasteiger partial charge in [-0.2, -0.15) is 0 Å². The second-order valence-electron chi connectivity index (χ2n) is 10.6. The molecule has 228 valence electrons. The number of nitrogens with zero attached hydrogens (tertiary/aromatic N) is 4. The summed E-state index contributed by atoms with van der Waals surface area (Å²) in [6.07, 6.45) is 2.73. The Morgan fingerprint density at radius 1 is 1.16 bits per heavy atom. The van der Waals surface area contributed by atoms with Gasteiger partial charge < -0.3 is 28.8 Å². The number of carbonyl (C=O) groups excluding carboxylic acids is 1. The number of allylic oxidation sites excluding steroid dienone is 3. The molecule has 0 saturated carbocycles. The first-order chi connectivity index (χ1) is 21.8. The summed E-state index contributed by atoms with van der Waals surface area (Å²) in [6, 6.07) is 13.1. The van der Waals surface area contributed by atoms with Crippen LogP contribution >= 0.6 is 23.2 Å². The molecule has 0 aliphatic carbocycles. The highest BCUT2D eigenvalue weighted by Crippen LogP contribution is 2.46. The minimum absolute atomic E-state index is 0.0170. The molecule has 2 atom stereocenters. The predicted molar refractivity (Wildman–Crippen MR) is 163 cm³/mol. The second-order valence-corrected chi connectivity index (χ2v) is 11.5. The number of fused-ring (bicyclic) bond motifs is 2. The minimum atomic E-state index is -1.17. The van der Waals surface area contributed by atoms with Gasteiger partial charge in [-0.05, 0) is 42.8 Å². The second kappa shape index (κ2) is 11.7. The molecular weight excluding hydrogens is 626 g/mol. The monoisotopic (exact) mass is 648 g/mol. The standard InChI is InChI=1S/C32H23Cl2FN4O6/c33-17-4-5-21(23(34)10-17)28-16-44-27-3-1-2-20(30(27)45-28)22-11-18(15-40)38(13-24(22)35)14-29-36-25-6-7-26(32(41)42)37-31(25)39(29)12-19-8-9-43-19/h1-7,10-11,13,19,28H,8-9,12,14,16H2,(H,41,42)/t19-,28+/m0/s1. The number of aromatic nitrogens is 3. The van der Waals surface area contributed by atoms with Gasteiger partial charge in [-0.25, -0.2) is 23.9 Å². The van der Waals surface area contributed by atoms with Gasteiger partial charge in [0.05, 0.1) is 19.2 Å². The number of carboxylic acids is 1. The molecule has 0 spiro atoms. The van der Waals surface area contributed by atoms with Gasteiger partial charge in [0, 0.05) is 39.6 Å². The SMILES string of the molecule is O=C=C1C=C(c2cccc3c2O[C@@H](c2ccc(Cl)cc2Cl)CO3)C(F)=CN1Cc1nc2ccc(C(=O)O)nc2n1C[C@@H]1CCO1. The summed E-state index contributed by atoms with van der Waals surface area (Å²) in [5.74, 6) is 1.27. The lowest BCUT2D eigenvalue weighted by Gasteiger charge is -2.30. The van der Waals surface area contributed by atoms with Crippen LogP contribution in [0.25, 0.3) is 16.7 Å². The zero-order valence-corrected chi connectivity index (χ0v) is 24.9. The molecule has 5 heterocycles. The molecule has 2 aromatic heterocycles. The number of rotatable bonds is 7. The van der Waals surface area contributed by atoms with Gasteiger partial charge in [0.1, 0.15) is 29.5 Å². The molecule has 3 aliphatic heterocycles. The number of carbonyl (C=O) groups is 1. The molecule has 3 aliphatic rings. The maximum absolute atomic E-state index is 16.0. The van der Waals surface area contributed by atoms with E-state index in [4.69, 9.17) is 37.4 Å². The first kappa shape index (κ1) is 29.1. The molecule has 45 heavy (non-hydrogen) atoms. The first-order valence-electron chi connectivity index (χ1n) is 14.0. The van der Waals surface area contributed by atoms with Gasteiger partial charge in [-0.1, -0.05) is 41.4 Å². The zero-order chi connectivity index (χ0) is 31.2. The van der Waals surface area contributed by atoms with E-state index in [1.54, 1.807) is 47.0 Å². The lowest BCUT2D eigenvalue weighted by molar-refractivity contribution is -0.0591. The summed E-state index contributed by atoms with van der Waals surface area (Å²) in [6.45, 7) is 1.15. The molecule has 0 radical (unpaired) electrons. The number of ether oxygens (including phenoxy) is 3. The Morgan fingerprint density at radius 3 is 2.73 bits per heavy atom. The lowest BCUT2D eigenvalue weighted by atomic mass is 9.99. The maximum Gasteiger partial charge on any atom is 0.354 e. The van der Waals surface area contributed by atoms with E-state index >= 15 is 4.39 Å². The highest BCUT2D eigenvalue weighted by molar-refractivity contribution is 6.35. The fourth-order valence-electron chi connectivity index (χ4n) is 5.48. The van der Waals surface area contributed by atoms with Gasteiger partial charge in [0.15, 0.2) is 34.9 Å². The number of imidazole rings is 1. The number of para-hydroxylation sites is 1. The molecule has 10 nitrogen and oxygen atoms in total. The minimum Gasteiger partial charge on any atom is -0.485 e. The molecular formula is C32H23Cl2FN4O6. The summed E-state index contributed by atoms with van der Waals surface area (Å²) in [7, 11) is 0. The molecule has 1 N–H and O–H groups in total. The maximum atomic E-state index is 16.0. The topological polar surface area (TPSA) is 116 Å². The molecule has 0 unspecified atom stereocenters. The first-order valence-corrected chi connectivity index (χ1v) is 14.7. The van der Waals surface area contributed by atoms with Crippen molar-refractivity contribution in [1.82, 2.24) is 19.4 Å². The van der Waals surface area contributed by atoms with Crippen molar-refractivity contribution in [3.05, 3.63) is 105 Å². The largest absolute Gasteiger partial charge is 0.485 e. The average molecular weight is 649 g/mol. The molecule has 4 aromatic rings. The summed E-state index contributed by atoms with van der Waals surface area (Å²) in [5.41, 5.74) is 1.89. The number of benzene rings is 2. The van der Waals surface area contributed by atoms with Crippen molar-refractivity contribution in [3.8, 4) is 11.5 Å². The van der Waals surface area contributed by atoms with Gasteiger partial charge in [-0.3, -0.25) is 0 Å². The Bertz CT molecular complexity index is 1980. The Morgan fingerprint density at radius 2 is 2.00 bits per heavy atom. The van der Waals surface area contributed by atoms with Crippen LogP contribution in [0.2, 0.25) is 10.0 Å². The third kappa shape index (κ3) is 5.44. The van der Waals surface area contributed by atoms with E-state index < -0.39 is 17.9 Å². The molecule has 2 aromatic carbocycles. The van der Waals surface area contributed by atoms with Crippen molar-refractivity contribution in [2.45, 2.75) is 31.7 Å². The van der Waals surface area contributed by atoms with Gasteiger partial charge in [-0.15, -0.1) is 0 Å². The number of halogens is 3. The fraction of sp³-hybridized carbons (Fsp3) is 0.219. The van der Waals surface area contributed by atoms with E-state index in [9.17, 15) is 14.7 Å². The molecule has 13 heteroatoms. The molecule has 0 amide bonds. The number of aromatic carboxylic acids is 1. The van der Waals surface area contributed by atoms with Gasteiger partial charge in [0.25, 0.3) is 0 Å². The summed E-state index contributed by atoms with van der Waals surface area (Å²) >= 11 is 12.5. The van der Waals surface area contributed by atoms with Crippen LogP contribution in [0.15, 0.2) is 72.3 Å². The Labute approximate surface area is 265 Å². The Balaban J connectivity index is 1.21. The van der Waals surface area contributed by atoms with Crippen molar-refractivity contribution in [2.75, 3.05) is 13.2 Å². The van der Waals surface area contributed by atoms with Crippen molar-refractivity contribution in [3.63, 3.8) is 0 Å². The van der Waals surface area contributed by atoms with E-state index in [-0.39, 0.29) is 36.2 Å². The predicted octanol–water partition coefficient (Wildman–Crippen LogP) is 6.16. The third-order valence-corrected chi connectivity index (χ3v) is 8.39. The number of hydrogen-bond donors (Lipinski definition) is 1.